The van der Waals surface area contributed by atoms with Crippen LogP contribution >= 0.6 is 11.8 Å². The number of nitrogens with one attached hydrogen (secondary N) is 1. The highest BCUT2D eigenvalue weighted by atomic mass is 32.2. The van der Waals surface area contributed by atoms with Crippen molar-refractivity contribution in [3.8, 4) is 0 Å². The Labute approximate surface area is 91.9 Å². The van der Waals surface area contributed by atoms with Crippen LogP contribution in [0.1, 0.15) is 33.6 Å². The molecule has 1 heterocycles. The monoisotopic (exact) mass is 217 g/mol. The van der Waals surface area contributed by atoms with Gasteiger partial charge in [-0.15, -0.1) is 0 Å². The second-order valence-electron chi connectivity index (χ2n) is 5.05. The number of aliphatic hydroxyl groups is 1. The summed E-state index contributed by atoms with van der Waals surface area (Å²) in [7, 11) is 0. The molecule has 2 nitrogen and oxygen atoms in total. The maximum absolute atomic E-state index is 9.45. The maximum atomic E-state index is 9.45. The highest BCUT2D eigenvalue weighted by molar-refractivity contribution is 7.99. The fraction of sp³-hybridized carbons (Fsp3) is 1.00. The van der Waals surface area contributed by atoms with Crippen LogP contribution in [0.3, 0.4) is 0 Å². The van der Waals surface area contributed by atoms with Gasteiger partial charge in [0.25, 0.3) is 0 Å². The van der Waals surface area contributed by atoms with Crippen LogP contribution in [-0.4, -0.2) is 35.3 Å². The van der Waals surface area contributed by atoms with Crippen molar-refractivity contribution in [2.75, 3.05) is 18.1 Å². The van der Waals surface area contributed by atoms with E-state index in [1.54, 1.807) is 0 Å². The summed E-state index contributed by atoms with van der Waals surface area (Å²) in [5, 5.41) is 12.9. The zero-order chi connectivity index (χ0) is 10.6. The van der Waals surface area contributed by atoms with Crippen molar-refractivity contribution in [1.29, 1.82) is 0 Å². The van der Waals surface area contributed by atoms with Crippen LogP contribution in [-0.2, 0) is 0 Å². The van der Waals surface area contributed by atoms with Gasteiger partial charge in [-0.1, -0.05) is 20.8 Å². The van der Waals surface area contributed by atoms with Gasteiger partial charge in [0.1, 0.15) is 0 Å². The van der Waals surface area contributed by atoms with E-state index in [9.17, 15) is 5.11 Å². The first-order valence-electron chi connectivity index (χ1n) is 5.52. The first kappa shape index (κ1) is 12.3. The standard InChI is InChI=1S/C11H23NOS/c1-4-10(13)6-12-9-5-11(2,3)8-14-7-9/h9-10,12-13H,4-8H2,1-3H3. The van der Waals surface area contributed by atoms with E-state index in [4.69, 9.17) is 0 Å². The minimum absolute atomic E-state index is 0.176. The Kier molecular flexibility index (Phi) is 4.74. The summed E-state index contributed by atoms with van der Waals surface area (Å²) in [5.41, 5.74) is 0.456. The van der Waals surface area contributed by atoms with Crippen molar-refractivity contribution in [3.05, 3.63) is 0 Å². The topological polar surface area (TPSA) is 32.3 Å². The number of thioether (sulfide) groups is 1. The van der Waals surface area contributed by atoms with Crippen LogP contribution in [0.4, 0.5) is 0 Å². The van der Waals surface area contributed by atoms with E-state index in [0.717, 1.165) is 13.0 Å². The summed E-state index contributed by atoms with van der Waals surface area (Å²) in [6, 6.07) is 0.588. The number of aliphatic hydroxyl groups excluding tert-OH is 1. The molecule has 2 atom stereocenters. The lowest BCUT2D eigenvalue weighted by Gasteiger charge is -2.35. The van der Waals surface area contributed by atoms with Gasteiger partial charge in [-0.2, -0.15) is 11.8 Å². The van der Waals surface area contributed by atoms with Gasteiger partial charge in [0.15, 0.2) is 0 Å². The lowest BCUT2D eigenvalue weighted by Crippen LogP contribution is -2.43. The Morgan fingerprint density at radius 2 is 2.29 bits per heavy atom. The molecule has 0 spiro atoms. The molecule has 1 aliphatic rings. The highest BCUT2D eigenvalue weighted by Crippen LogP contribution is 2.33. The molecule has 1 rings (SSSR count). The predicted octanol–water partition coefficient (Wildman–Crippen LogP) is 1.88. The minimum Gasteiger partial charge on any atom is -0.392 e. The van der Waals surface area contributed by atoms with Crippen molar-refractivity contribution < 1.29 is 5.11 Å². The molecule has 0 radical (unpaired) electrons. The van der Waals surface area contributed by atoms with Crippen molar-refractivity contribution in [3.63, 3.8) is 0 Å². The Morgan fingerprint density at radius 3 is 2.86 bits per heavy atom. The smallest absolute Gasteiger partial charge is 0.0662 e. The van der Waals surface area contributed by atoms with Gasteiger partial charge < -0.3 is 10.4 Å². The van der Waals surface area contributed by atoms with Gasteiger partial charge in [0.2, 0.25) is 0 Å². The maximum Gasteiger partial charge on any atom is 0.0662 e. The minimum atomic E-state index is -0.176. The predicted molar refractivity (Wildman–Crippen MR) is 63.8 cm³/mol. The van der Waals surface area contributed by atoms with Crippen LogP contribution < -0.4 is 5.32 Å². The lowest BCUT2D eigenvalue weighted by molar-refractivity contribution is 0.159. The van der Waals surface area contributed by atoms with Gasteiger partial charge in [-0.25, -0.2) is 0 Å². The van der Waals surface area contributed by atoms with Gasteiger partial charge in [0.05, 0.1) is 6.10 Å². The quantitative estimate of drug-likeness (QED) is 0.754. The Balaban J connectivity index is 2.24. The van der Waals surface area contributed by atoms with Gasteiger partial charge >= 0.3 is 0 Å². The fourth-order valence-electron chi connectivity index (χ4n) is 1.84. The van der Waals surface area contributed by atoms with E-state index < -0.39 is 0 Å². The SMILES string of the molecule is CCC(O)CNC1CSCC(C)(C)C1. The van der Waals surface area contributed by atoms with E-state index in [1.807, 2.05) is 18.7 Å². The molecule has 2 N–H and O–H groups in total. The summed E-state index contributed by atoms with van der Waals surface area (Å²) in [6.45, 7) is 7.41. The van der Waals surface area contributed by atoms with Crippen molar-refractivity contribution >= 4 is 11.8 Å². The molecule has 0 bridgehead atoms. The average molecular weight is 217 g/mol. The van der Waals surface area contributed by atoms with Crippen molar-refractivity contribution in [2.45, 2.75) is 45.8 Å². The summed E-state index contributed by atoms with van der Waals surface area (Å²) >= 11 is 2.03. The van der Waals surface area contributed by atoms with Gasteiger partial charge in [-0.05, 0) is 24.0 Å². The molecule has 1 fully saturated rings. The molecule has 0 aromatic carbocycles. The van der Waals surface area contributed by atoms with Crippen molar-refractivity contribution in [1.82, 2.24) is 5.32 Å². The highest BCUT2D eigenvalue weighted by Gasteiger charge is 2.28. The second kappa shape index (κ2) is 5.38. The summed E-state index contributed by atoms with van der Waals surface area (Å²) < 4.78 is 0. The molecule has 1 aliphatic heterocycles. The fourth-order valence-corrected chi connectivity index (χ4v) is 3.15. The molecule has 0 aliphatic carbocycles. The molecule has 84 valence electrons. The van der Waals surface area contributed by atoms with Gasteiger partial charge in [0, 0.05) is 18.3 Å². The third kappa shape index (κ3) is 4.20. The van der Waals surface area contributed by atoms with Crippen molar-refractivity contribution in [2.24, 2.45) is 5.41 Å². The van der Waals surface area contributed by atoms with Crippen LogP contribution in [0.2, 0.25) is 0 Å². The molecule has 3 heteroatoms. The molecule has 2 unspecified atom stereocenters. The van der Waals surface area contributed by atoms with E-state index >= 15 is 0 Å². The summed E-state index contributed by atoms with van der Waals surface area (Å²) in [4.78, 5) is 0. The number of hydrogen-bond acceptors (Lipinski definition) is 3. The molecule has 0 saturated carbocycles. The second-order valence-corrected chi connectivity index (χ2v) is 6.08. The molecule has 14 heavy (non-hydrogen) atoms. The molecule has 0 aromatic heterocycles. The first-order chi connectivity index (χ1) is 6.53. The Morgan fingerprint density at radius 1 is 1.57 bits per heavy atom. The van der Waals surface area contributed by atoms with Crippen LogP contribution in [0, 0.1) is 5.41 Å². The number of rotatable bonds is 4. The average Bonchev–Trinajstić information content (AvgIpc) is 2.12. The molecular formula is C11H23NOS. The number of hydrogen-bond donors (Lipinski definition) is 2. The van der Waals surface area contributed by atoms with Crippen LogP contribution in [0.15, 0.2) is 0 Å². The van der Waals surface area contributed by atoms with Crippen LogP contribution in [0.25, 0.3) is 0 Å². The summed E-state index contributed by atoms with van der Waals surface area (Å²) in [6.07, 6.45) is 1.90. The zero-order valence-electron chi connectivity index (χ0n) is 9.55. The van der Waals surface area contributed by atoms with Crippen LogP contribution in [0.5, 0.6) is 0 Å². The van der Waals surface area contributed by atoms with E-state index in [2.05, 4.69) is 19.2 Å². The zero-order valence-corrected chi connectivity index (χ0v) is 10.4. The molecular weight excluding hydrogens is 194 g/mol. The molecule has 0 aromatic rings. The van der Waals surface area contributed by atoms with E-state index in [0.29, 0.717) is 11.5 Å². The Bertz CT molecular complexity index is 173. The van der Waals surface area contributed by atoms with Gasteiger partial charge in [-0.3, -0.25) is 0 Å². The third-order valence-electron chi connectivity index (χ3n) is 2.72. The molecule has 1 saturated heterocycles. The summed E-state index contributed by atoms with van der Waals surface area (Å²) in [5.74, 6) is 2.46. The Hall–Kier alpha value is 0.270. The largest absolute Gasteiger partial charge is 0.392 e. The molecule has 0 amide bonds. The van der Waals surface area contributed by atoms with E-state index in [-0.39, 0.29) is 6.10 Å². The van der Waals surface area contributed by atoms with E-state index in [1.165, 1.54) is 17.9 Å². The first-order valence-corrected chi connectivity index (χ1v) is 6.68. The lowest BCUT2D eigenvalue weighted by atomic mass is 9.88. The third-order valence-corrected chi connectivity index (χ3v) is 4.35. The normalized spacial score (nSPS) is 28.7.